The Morgan fingerprint density at radius 2 is 2.47 bits per heavy atom. The molecule has 0 saturated heterocycles. The fourth-order valence-electron chi connectivity index (χ4n) is 1.03. The molecule has 15 heavy (non-hydrogen) atoms. The molecule has 0 N–H and O–H groups in total. The molecule has 1 aromatic rings. The van der Waals surface area contributed by atoms with E-state index in [4.69, 9.17) is 17.1 Å². The van der Waals surface area contributed by atoms with E-state index in [9.17, 15) is 4.79 Å². The maximum atomic E-state index is 11.5. The van der Waals surface area contributed by atoms with Gasteiger partial charge in [-0.1, -0.05) is 12.2 Å². The minimum atomic E-state index is -0.501. The van der Waals surface area contributed by atoms with E-state index in [1.54, 1.807) is 18.3 Å². The summed E-state index contributed by atoms with van der Waals surface area (Å²) in [5.74, 6) is -0.501. The predicted octanol–water partition coefficient (Wildman–Crippen LogP) is 0.825. The molecule has 0 amide bonds. The van der Waals surface area contributed by atoms with Crippen molar-refractivity contribution in [2.45, 2.75) is 0 Å². The summed E-state index contributed by atoms with van der Waals surface area (Å²) in [6.07, 6.45) is 4.40. The number of pyridine rings is 1. The van der Waals surface area contributed by atoms with Crippen LogP contribution in [0.1, 0.15) is 10.4 Å². The molecule has 1 aliphatic rings. The van der Waals surface area contributed by atoms with Gasteiger partial charge in [-0.05, 0) is 12.1 Å². The van der Waals surface area contributed by atoms with Crippen molar-refractivity contribution in [2.24, 2.45) is 4.99 Å². The van der Waals surface area contributed by atoms with Crippen LogP contribution < -0.4 is 0 Å². The third-order valence-electron chi connectivity index (χ3n) is 1.74. The molecule has 0 saturated carbocycles. The molecule has 0 radical (unpaired) electrons. The van der Waals surface area contributed by atoms with Crippen LogP contribution in [0.5, 0.6) is 0 Å². The number of carbonyl (C=O) groups is 1. The monoisotopic (exact) mass is 221 g/mol. The maximum absolute atomic E-state index is 11.5. The van der Waals surface area contributed by atoms with Crippen LogP contribution >= 0.6 is 12.2 Å². The van der Waals surface area contributed by atoms with Crippen LogP contribution in [-0.4, -0.2) is 33.9 Å². The molecular formula is C9H7N3O2S. The number of hydrogen-bond acceptors (Lipinski definition) is 5. The lowest BCUT2D eigenvalue weighted by Gasteiger charge is -2.12. The first-order valence-corrected chi connectivity index (χ1v) is 4.62. The van der Waals surface area contributed by atoms with Crippen LogP contribution in [0.4, 0.5) is 0 Å². The molecule has 0 unspecified atom stereocenters. The molecule has 0 aliphatic carbocycles. The zero-order valence-electron chi connectivity index (χ0n) is 7.66. The zero-order valence-corrected chi connectivity index (χ0v) is 8.48. The van der Waals surface area contributed by atoms with Crippen LogP contribution in [0.3, 0.4) is 0 Å². The first-order valence-electron chi connectivity index (χ1n) is 4.22. The second kappa shape index (κ2) is 4.14. The van der Waals surface area contributed by atoms with Crippen LogP contribution in [0.2, 0.25) is 0 Å². The van der Waals surface area contributed by atoms with Crippen molar-refractivity contribution < 1.29 is 9.63 Å². The van der Waals surface area contributed by atoms with Crippen molar-refractivity contribution >= 4 is 29.5 Å². The second-order valence-electron chi connectivity index (χ2n) is 2.80. The number of hydroxylamine groups is 2. The van der Waals surface area contributed by atoms with Gasteiger partial charge in [0, 0.05) is 12.4 Å². The Morgan fingerprint density at radius 3 is 3.07 bits per heavy atom. The summed E-state index contributed by atoms with van der Waals surface area (Å²) in [5, 5.41) is 1.19. The lowest BCUT2D eigenvalue weighted by molar-refractivity contribution is -0.00896. The number of aliphatic imine (C=N–C) groups is 1. The number of rotatable bonds is 2. The van der Waals surface area contributed by atoms with E-state index >= 15 is 0 Å². The van der Waals surface area contributed by atoms with Gasteiger partial charge in [0.15, 0.2) is 0 Å². The summed E-state index contributed by atoms with van der Waals surface area (Å²) in [7, 11) is 0. The largest absolute Gasteiger partial charge is 0.365 e. The van der Waals surface area contributed by atoms with Gasteiger partial charge in [-0.25, -0.2) is 4.79 Å². The van der Waals surface area contributed by atoms with Gasteiger partial charge in [0.05, 0.1) is 12.1 Å². The van der Waals surface area contributed by atoms with Crippen LogP contribution in [0.25, 0.3) is 0 Å². The van der Waals surface area contributed by atoms with E-state index in [1.807, 2.05) is 0 Å². The number of hydrogen-bond donors (Lipinski definition) is 0. The number of thiocarbonyl (C=S) groups is 1. The van der Waals surface area contributed by atoms with Gasteiger partial charge in [-0.3, -0.25) is 9.98 Å². The first-order chi connectivity index (χ1) is 7.27. The lowest BCUT2D eigenvalue weighted by Crippen LogP contribution is -2.28. The van der Waals surface area contributed by atoms with Crippen molar-refractivity contribution in [2.75, 3.05) is 6.54 Å². The Balaban J connectivity index is 2.04. The highest BCUT2D eigenvalue weighted by atomic mass is 32.1. The topological polar surface area (TPSA) is 54.8 Å². The maximum Gasteiger partial charge on any atom is 0.365 e. The molecule has 2 heterocycles. The molecule has 0 bridgehead atoms. The first kappa shape index (κ1) is 9.72. The predicted molar refractivity (Wildman–Crippen MR) is 57.4 cm³/mol. The zero-order chi connectivity index (χ0) is 10.7. The van der Waals surface area contributed by atoms with Gasteiger partial charge in [0.25, 0.3) is 0 Å². The van der Waals surface area contributed by atoms with E-state index < -0.39 is 5.97 Å². The molecular weight excluding hydrogens is 214 g/mol. The van der Waals surface area contributed by atoms with Crippen molar-refractivity contribution in [3.8, 4) is 0 Å². The molecule has 0 aromatic carbocycles. The Bertz CT molecular complexity index is 419. The van der Waals surface area contributed by atoms with Gasteiger partial charge in [0.1, 0.15) is 11.3 Å². The van der Waals surface area contributed by atoms with Gasteiger partial charge in [-0.2, -0.15) is 5.06 Å². The van der Waals surface area contributed by atoms with Crippen molar-refractivity contribution in [1.82, 2.24) is 10.0 Å². The summed E-state index contributed by atoms with van der Waals surface area (Å²) in [6, 6.07) is 3.28. The third kappa shape index (κ3) is 2.16. The highest BCUT2D eigenvalue weighted by Gasteiger charge is 2.18. The van der Waals surface area contributed by atoms with Gasteiger partial charge in [0.2, 0.25) is 0 Å². The normalized spacial score (nSPS) is 14.4. The van der Waals surface area contributed by atoms with Gasteiger partial charge >= 0.3 is 5.97 Å². The second-order valence-corrected chi connectivity index (χ2v) is 3.27. The Hall–Kier alpha value is -1.82. The molecule has 1 aliphatic heterocycles. The standard InChI is InChI=1S/C9H7N3O2S/c13-9(7-2-1-3-10-4-7)14-12-6-11-5-8(12)15/h1-4,6H,5H2. The quantitative estimate of drug-likeness (QED) is 0.692. The average Bonchev–Trinajstić information content (AvgIpc) is 2.66. The SMILES string of the molecule is O=C(ON1C=NCC1=S)c1cccnc1. The highest BCUT2D eigenvalue weighted by Crippen LogP contribution is 2.04. The smallest absolute Gasteiger partial charge is 0.329 e. The summed E-state index contributed by atoms with van der Waals surface area (Å²) in [4.78, 5) is 24.6. The fraction of sp³-hybridized carbons (Fsp3) is 0.111. The molecule has 76 valence electrons. The number of carbonyl (C=O) groups excluding carboxylic acids is 1. The molecule has 0 atom stereocenters. The Kier molecular flexibility index (Phi) is 2.68. The summed E-state index contributed by atoms with van der Waals surface area (Å²) in [5.41, 5.74) is 0.376. The summed E-state index contributed by atoms with van der Waals surface area (Å²) >= 11 is 4.92. The molecule has 5 nitrogen and oxygen atoms in total. The van der Waals surface area contributed by atoms with E-state index in [0.29, 0.717) is 17.1 Å². The molecule has 0 fully saturated rings. The summed E-state index contributed by atoms with van der Waals surface area (Å²) in [6.45, 7) is 0.385. The van der Waals surface area contributed by atoms with Crippen LogP contribution in [0, 0.1) is 0 Å². The third-order valence-corrected chi connectivity index (χ3v) is 2.05. The minimum Gasteiger partial charge on any atom is -0.329 e. The molecule has 2 rings (SSSR count). The highest BCUT2D eigenvalue weighted by molar-refractivity contribution is 7.80. The number of nitrogens with zero attached hydrogens (tertiary/aromatic N) is 3. The van der Waals surface area contributed by atoms with Crippen molar-refractivity contribution in [3.05, 3.63) is 30.1 Å². The Morgan fingerprint density at radius 1 is 1.60 bits per heavy atom. The van der Waals surface area contributed by atoms with Crippen molar-refractivity contribution in [1.29, 1.82) is 0 Å². The molecule has 6 heteroatoms. The van der Waals surface area contributed by atoms with Gasteiger partial charge in [-0.15, -0.1) is 0 Å². The molecule has 0 spiro atoms. The van der Waals surface area contributed by atoms with Crippen molar-refractivity contribution in [3.63, 3.8) is 0 Å². The van der Waals surface area contributed by atoms with Gasteiger partial charge < -0.3 is 4.84 Å². The fourth-order valence-corrected chi connectivity index (χ4v) is 1.19. The Labute approximate surface area is 91.3 Å². The van der Waals surface area contributed by atoms with E-state index in [0.717, 1.165) is 0 Å². The van der Waals surface area contributed by atoms with E-state index in [2.05, 4.69) is 9.98 Å². The van der Waals surface area contributed by atoms with E-state index in [-0.39, 0.29) is 0 Å². The summed E-state index contributed by atoms with van der Waals surface area (Å²) < 4.78 is 0. The van der Waals surface area contributed by atoms with Crippen LogP contribution in [-0.2, 0) is 4.84 Å². The number of aromatic nitrogens is 1. The van der Waals surface area contributed by atoms with Crippen LogP contribution in [0.15, 0.2) is 29.5 Å². The lowest BCUT2D eigenvalue weighted by atomic mass is 10.3. The average molecular weight is 221 g/mol. The molecule has 1 aromatic heterocycles. The van der Waals surface area contributed by atoms with E-state index in [1.165, 1.54) is 17.6 Å². The minimum absolute atomic E-state index is 0.376.